The number of nitro benzene ring substituents is 1. The van der Waals surface area contributed by atoms with Gasteiger partial charge in [-0.1, -0.05) is 19.9 Å². The number of nitro groups is 1. The molecule has 0 bridgehead atoms. The summed E-state index contributed by atoms with van der Waals surface area (Å²) in [5.41, 5.74) is 0.536. The smallest absolute Gasteiger partial charge is 0.311 e. The van der Waals surface area contributed by atoms with Crippen molar-refractivity contribution in [2.75, 3.05) is 19.7 Å². The fourth-order valence-electron chi connectivity index (χ4n) is 2.62. The van der Waals surface area contributed by atoms with E-state index in [-0.39, 0.29) is 17.3 Å². The fourth-order valence-corrected chi connectivity index (χ4v) is 2.62. The lowest BCUT2D eigenvalue weighted by atomic mass is 9.99. The Morgan fingerprint density at radius 1 is 1.42 bits per heavy atom. The summed E-state index contributed by atoms with van der Waals surface area (Å²) in [6, 6.07) is 4.74. The SMILES string of the molecule is CCCOc1ccc(/C=C/C(=O)N2CCC(C)CC2)cc1[N+](=O)[O-]. The molecule has 1 heterocycles. The molecule has 0 unspecified atom stereocenters. The molecule has 6 heteroatoms. The molecule has 0 saturated carbocycles. The quantitative estimate of drug-likeness (QED) is 0.453. The number of amides is 1. The van der Waals surface area contributed by atoms with Gasteiger partial charge in [-0.15, -0.1) is 0 Å². The third-order valence-corrected chi connectivity index (χ3v) is 4.16. The van der Waals surface area contributed by atoms with Crippen LogP contribution in [0.5, 0.6) is 5.75 Å². The molecule has 1 aromatic carbocycles. The molecule has 24 heavy (non-hydrogen) atoms. The minimum absolute atomic E-state index is 0.0455. The van der Waals surface area contributed by atoms with Crippen molar-refractivity contribution in [1.29, 1.82) is 0 Å². The van der Waals surface area contributed by atoms with Gasteiger partial charge in [0.1, 0.15) is 0 Å². The number of hydrogen-bond donors (Lipinski definition) is 0. The fraction of sp³-hybridized carbons (Fsp3) is 0.500. The standard InChI is InChI=1S/C18H24N2O4/c1-3-12-24-17-6-4-15(13-16(17)20(22)23)5-7-18(21)19-10-8-14(2)9-11-19/h4-7,13-14H,3,8-12H2,1-2H3/b7-5+. The first-order chi connectivity index (χ1) is 11.5. The number of benzene rings is 1. The zero-order valence-electron chi connectivity index (χ0n) is 14.2. The van der Waals surface area contributed by atoms with E-state index in [2.05, 4.69) is 6.92 Å². The molecule has 1 saturated heterocycles. The van der Waals surface area contributed by atoms with Crippen molar-refractivity contribution in [2.24, 2.45) is 5.92 Å². The highest BCUT2D eigenvalue weighted by atomic mass is 16.6. The highest BCUT2D eigenvalue weighted by Crippen LogP contribution is 2.28. The van der Waals surface area contributed by atoms with Gasteiger partial charge in [0.2, 0.25) is 5.91 Å². The number of piperidine rings is 1. The second kappa shape index (κ2) is 8.47. The Kier molecular flexibility index (Phi) is 6.35. The molecule has 130 valence electrons. The third kappa shape index (κ3) is 4.81. The summed E-state index contributed by atoms with van der Waals surface area (Å²) in [6.45, 7) is 6.11. The van der Waals surface area contributed by atoms with Gasteiger partial charge in [0.25, 0.3) is 0 Å². The van der Waals surface area contributed by atoms with Gasteiger partial charge in [0, 0.05) is 25.2 Å². The molecule has 2 rings (SSSR count). The zero-order valence-corrected chi connectivity index (χ0v) is 14.2. The first kappa shape index (κ1) is 18.0. The predicted octanol–water partition coefficient (Wildman–Crippen LogP) is 3.66. The van der Waals surface area contributed by atoms with Crippen LogP contribution in [0.15, 0.2) is 24.3 Å². The molecule has 1 fully saturated rings. The summed E-state index contributed by atoms with van der Waals surface area (Å²) < 4.78 is 5.39. The summed E-state index contributed by atoms with van der Waals surface area (Å²) in [5, 5.41) is 11.2. The largest absolute Gasteiger partial charge is 0.487 e. The van der Waals surface area contributed by atoms with Crippen LogP contribution in [0.3, 0.4) is 0 Å². The van der Waals surface area contributed by atoms with Crippen LogP contribution in [0, 0.1) is 16.0 Å². The van der Waals surface area contributed by atoms with E-state index in [1.165, 1.54) is 12.1 Å². The van der Waals surface area contributed by atoms with Crippen molar-refractivity contribution in [3.05, 3.63) is 40.0 Å². The summed E-state index contributed by atoms with van der Waals surface area (Å²) in [6.07, 6.45) is 5.93. The van der Waals surface area contributed by atoms with Crippen LogP contribution in [0.2, 0.25) is 0 Å². The Morgan fingerprint density at radius 3 is 2.75 bits per heavy atom. The molecule has 6 nitrogen and oxygen atoms in total. The highest BCUT2D eigenvalue weighted by molar-refractivity contribution is 5.92. The van der Waals surface area contributed by atoms with Crippen LogP contribution in [0.1, 0.15) is 38.7 Å². The van der Waals surface area contributed by atoms with Crippen LogP contribution in [0.25, 0.3) is 6.08 Å². The number of carbonyl (C=O) groups is 1. The van der Waals surface area contributed by atoms with Crippen molar-refractivity contribution in [1.82, 2.24) is 4.90 Å². The molecule has 0 spiro atoms. The topological polar surface area (TPSA) is 72.7 Å². The van der Waals surface area contributed by atoms with Crippen molar-refractivity contribution in [3.63, 3.8) is 0 Å². The summed E-state index contributed by atoms with van der Waals surface area (Å²) >= 11 is 0. The molecule has 0 aliphatic carbocycles. The molecular weight excluding hydrogens is 308 g/mol. The van der Waals surface area contributed by atoms with E-state index >= 15 is 0 Å². The van der Waals surface area contributed by atoms with E-state index in [1.807, 2.05) is 11.8 Å². The Labute approximate surface area is 142 Å². The lowest BCUT2D eigenvalue weighted by Gasteiger charge is -2.29. The summed E-state index contributed by atoms with van der Waals surface area (Å²) in [5.74, 6) is 0.877. The molecule has 0 N–H and O–H groups in total. The van der Waals surface area contributed by atoms with E-state index < -0.39 is 4.92 Å². The van der Waals surface area contributed by atoms with Crippen molar-refractivity contribution in [2.45, 2.75) is 33.1 Å². The van der Waals surface area contributed by atoms with Gasteiger partial charge in [-0.25, -0.2) is 0 Å². The molecule has 0 radical (unpaired) electrons. The second-order valence-electron chi connectivity index (χ2n) is 6.17. The van der Waals surface area contributed by atoms with Gasteiger partial charge in [0.15, 0.2) is 5.75 Å². The first-order valence-corrected chi connectivity index (χ1v) is 8.39. The van der Waals surface area contributed by atoms with E-state index in [0.717, 1.165) is 32.4 Å². The summed E-state index contributed by atoms with van der Waals surface area (Å²) in [4.78, 5) is 24.7. The summed E-state index contributed by atoms with van der Waals surface area (Å²) in [7, 11) is 0. The average Bonchev–Trinajstić information content (AvgIpc) is 2.58. The first-order valence-electron chi connectivity index (χ1n) is 8.39. The maximum absolute atomic E-state index is 12.2. The molecular formula is C18H24N2O4. The maximum atomic E-state index is 12.2. The number of nitrogens with zero attached hydrogens (tertiary/aromatic N) is 2. The number of carbonyl (C=O) groups excluding carboxylic acids is 1. The molecule has 0 aromatic heterocycles. The van der Waals surface area contributed by atoms with Gasteiger partial charge in [0.05, 0.1) is 11.5 Å². The molecule has 1 aromatic rings. The van der Waals surface area contributed by atoms with E-state index in [0.29, 0.717) is 18.1 Å². The number of likely N-dealkylation sites (tertiary alicyclic amines) is 1. The van der Waals surface area contributed by atoms with Crippen LogP contribution >= 0.6 is 0 Å². The van der Waals surface area contributed by atoms with Gasteiger partial charge >= 0.3 is 5.69 Å². The van der Waals surface area contributed by atoms with Crippen LogP contribution in [-0.2, 0) is 4.79 Å². The maximum Gasteiger partial charge on any atom is 0.311 e. The predicted molar refractivity (Wildman–Crippen MR) is 92.9 cm³/mol. The van der Waals surface area contributed by atoms with Gasteiger partial charge in [-0.3, -0.25) is 14.9 Å². The van der Waals surface area contributed by atoms with Crippen LogP contribution in [-0.4, -0.2) is 35.4 Å². The Bertz CT molecular complexity index is 619. The number of hydrogen-bond acceptors (Lipinski definition) is 4. The highest BCUT2D eigenvalue weighted by Gasteiger charge is 2.19. The average molecular weight is 332 g/mol. The van der Waals surface area contributed by atoms with Gasteiger partial charge in [-0.2, -0.15) is 0 Å². The minimum Gasteiger partial charge on any atom is -0.487 e. The number of ether oxygens (including phenoxy) is 1. The second-order valence-corrected chi connectivity index (χ2v) is 6.17. The van der Waals surface area contributed by atoms with Crippen LogP contribution in [0.4, 0.5) is 5.69 Å². The van der Waals surface area contributed by atoms with Crippen molar-refractivity contribution >= 4 is 17.7 Å². The van der Waals surface area contributed by atoms with Gasteiger partial charge in [-0.05, 0) is 42.9 Å². The van der Waals surface area contributed by atoms with E-state index in [1.54, 1.807) is 18.2 Å². The zero-order chi connectivity index (χ0) is 17.5. The Morgan fingerprint density at radius 2 is 2.12 bits per heavy atom. The van der Waals surface area contributed by atoms with Crippen molar-refractivity contribution in [3.8, 4) is 5.75 Å². The van der Waals surface area contributed by atoms with E-state index in [4.69, 9.17) is 4.74 Å². The Balaban J connectivity index is 2.07. The molecule has 1 aliphatic heterocycles. The molecule has 0 atom stereocenters. The minimum atomic E-state index is -0.462. The molecule has 1 aliphatic rings. The Hall–Kier alpha value is -2.37. The normalized spacial score (nSPS) is 15.7. The third-order valence-electron chi connectivity index (χ3n) is 4.16. The van der Waals surface area contributed by atoms with E-state index in [9.17, 15) is 14.9 Å². The lowest BCUT2D eigenvalue weighted by Crippen LogP contribution is -2.36. The lowest BCUT2D eigenvalue weighted by molar-refractivity contribution is -0.385. The van der Waals surface area contributed by atoms with Crippen molar-refractivity contribution < 1.29 is 14.5 Å². The molecule has 1 amide bonds. The van der Waals surface area contributed by atoms with Crippen LogP contribution < -0.4 is 4.74 Å². The number of rotatable bonds is 6. The van der Waals surface area contributed by atoms with Gasteiger partial charge < -0.3 is 9.64 Å². The monoisotopic (exact) mass is 332 g/mol.